The van der Waals surface area contributed by atoms with Crippen molar-refractivity contribution in [3.63, 3.8) is 0 Å². The van der Waals surface area contributed by atoms with Gasteiger partial charge in [-0.2, -0.15) is 0 Å². The van der Waals surface area contributed by atoms with Gasteiger partial charge in [0.2, 0.25) is 0 Å². The minimum absolute atomic E-state index is 0.179. The zero-order valence-electron chi connectivity index (χ0n) is 14.2. The molecule has 2 aromatic carbocycles. The molecule has 0 unspecified atom stereocenters. The molecule has 1 aliphatic rings. The van der Waals surface area contributed by atoms with Crippen LogP contribution in [-0.2, 0) is 6.42 Å². The maximum Gasteiger partial charge on any atom is 0.171 e. The van der Waals surface area contributed by atoms with Crippen LogP contribution in [0.5, 0.6) is 5.75 Å². The van der Waals surface area contributed by atoms with Crippen LogP contribution in [0.4, 0.5) is 5.69 Å². The molecule has 0 amide bonds. The van der Waals surface area contributed by atoms with E-state index in [9.17, 15) is 0 Å². The number of benzene rings is 2. The maximum atomic E-state index is 5.66. The fraction of sp³-hybridized carbons (Fsp3) is 0.350. The fourth-order valence-electron chi connectivity index (χ4n) is 3.12. The van der Waals surface area contributed by atoms with E-state index < -0.39 is 0 Å². The Morgan fingerprint density at radius 2 is 1.88 bits per heavy atom. The zero-order valence-corrected chi connectivity index (χ0v) is 15.0. The van der Waals surface area contributed by atoms with Crippen LogP contribution in [0.15, 0.2) is 48.5 Å². The van der Waals surface area contributed by atoms with Gasteiger partial charge in [0.15, 0.2) is 5.11 Å². The van der Waals surface area contributed by atoms with E-state index in [0.29, 0.717) is 11.2 Å². The molecule has 0 spiro atoms. The van der Waals surface area contributed by atoms with Crippen LogP contribution < -0.4 is 15.4 Å². The molecule has 3 rings (SSSR count). The molecule has 0 saturated heterocycles. The second kappa shape index (κ2) is 7.67. The summed E-state index contributed by atoms with van der Waals surface area (Å²) in [6.07, 6.45) is 3.64. The maximum absolute atomic E-state index is 5.66. The largest absolute Gasteiger partial charge is 0.491 e. The lowest BCUT2D eigenvalue weighted by molar-refractivity contribution is 0.242. The second-order valence-electron chi connectivity index (χ2n) is 6.43. The number of fused-ring (bicyclic) bond motifs is 1. The van der Waals surface area contributed by atoms with E-state index in [2.05, 4.69) is 34.9 Å². The highest BCUT2D eigenvalue weighted by Gasteiger charge is 2.20. The van der Waals surface area contributed by atoms with Crippen LogP contribution in [0, 0.1) is 0 Å². The molecule has 0 heterocycles. The van der Waals surface area contributed by atoms with Gasteiger partial charge in [0.1, 0.15) is 5.75 Å². The second-order valence-corrected chi connectivity index (χ2v) is 6.84. The van der Waals surface area contributed by atoms with Crippen molar-refractivity contribution >= 4 is 23.0 Å². The average Bonchev–Trinajstić information content (AvgIpc) is 2.56. The third kappa shape index (κ3) is 4.26. The Morgan fingerprint density at radius 3 is 2.62 bits per heavy atom. The van der Waals surface area contributed by atoms with Crippen molar-refractivity contribution in [1.82, 2.24) is 5.32 Å². The van der Waals surface area contributed by atoms with Gasteiger partial charge < -0.3 is 15.4 Å². The number of rotatable bonds is 4. The first kappa shape index (κ1) is 16.8. The summed E-state index contributed by atoms with van der Waals surface area (Å²) in [5, 5.41) is 7.39. The summed E-state index contributed by atoms with van der Waals surface area (Å²) < 4.78 is 5.66. The van der Waals surface area contributed by atoms with Crippen LogP contribution in [0.3, 0.4) is 0 Å². The summed E-state index contributed by atoms with van der Waals surface area (Å²) in [5.74, 6) is 0.871. The normalized spacial score (nSPS) is 16.4. The van der Waals surface area contributed by atoms with Crippen LogP contribution in [0.2, 0.25) is 0 Å². The van der Waals surface area contributed by atoms with E-state index in [1.54, 1.807) is 0 Å². The summed E-state index contributed by atoms with van der Waals surface area (Å²) in [5.41, 5.74) is 3.76. The summed E-state index contributed by atoms with van der Waals surface area (Å²) in [4.78, 5) is 0. The molecule has 0 saturated carbocycles. The molecular weight excluding hydrogens is 316 g/mol. The van der Waals surface area contributed by atoms with Gasteiger partial charge in [-0.3, -0.25) is 0 Å². The summed E-state index contributed by atoms with van der Waals surface area (Å²) >= 11 is 5.50. The molecule has 1 atom stereocenters. The molecule has 24 heavy (non-hydrogen) atoms. The molecule has 2 N–H and O–H groups in total. The molecule has 4 heteroatoms. The van der Waals surface area contributed by atoms with Crippen molar-refractivity contribution in [2.75, 3.05) is 5.32 Å². The Hall–Kier alpha value is -2.07. The molecule has 0 fully saturated rings. The van der Waals surface area contributed by atoms with Gasteiger partial charge in [0.05, 0.1) is 12.1 Å². The Bertz CT molecular complexity index is 697. The van der Waals surface area contributed by atoms with Crippen molar-refractivity contribution in [3.8, 4) is 5.75 Å². The smallest absolute Gasteiger partial charge is 0.171 e. The van der Waals surface area contributed by atoms with E-state index in [1.165, 1.54) is 17.5 Å². The molecule has 0 aromatic heterocycles. The lowest BCUT2D eigenvalue weighted by Crippen LogP contribution is -2.34. The minimum atomic E-state index is 0.179. The molecule has 2 aromatic rings. The number of hydrogen-bond donors (Lipinski definition) is 2. The Balaban J connectivity index is 1.60. The van der Waals surface area contributed by atoms with Crippen LogP contribution >= 0.6 is 12.2 Å². The number of hydrogen-bond acceptors (Lipinski definition) is 2. The van der Waals surface area contributed by atoms with E-state index in [-0.39, 0.29) is 6.10 Å². The van der Waals surface area contributed by atoms with Crippen LogP contribution in [-0.4, -0.2) is 11.2 Å². The molecule has 0 aliphatic heterocycles. The van der Waals surface area contributed by atoms with E-state index >= 15 is 0 Å². The van der Waals surface area contributed by atoms with Gasteiger partial charge >= 0.3 is 0 Å². The molecule has 3 nitrogen and oxygen atoms in total. The van der Waals surface area contributed by atoms with Gasteiger partial charge in [-0.15, -0.1) is 0 Å². The minimum Gasteiger partial charge on any atom is -0.491 e. The van der Waals surface area contributed by atoms with Gasteiger partial charge in [0.25, 0.3) is 0 Å². The number of nitrogens with one attached hydrogen (secondary N) is 2. The lowest BCUT2D eigenvalue weighted by atomic mass is 9.88. The van der Waals surface area contributed by atoms with Gasteiger partial charge in [-0.25, -0.2) is 0 Å². The Labute approximate surface area is 149 Å². The molecule has 0 radical (unpaired) electrons. The zero-order chi connectivity index (χ0) is 16.9. The molecule has 0 bridgehead atoms. The molecular formula is C20H24N2OS. The van der Waals surface area contributed by atoms with E-state index in [0.717, 1.165) is 24.3 Å². The predicted octanol–water partition coefficient (Wildman–Crippen LogP) is 4.84. The van der Waals surface area contributed by atoms with Crippen molar-refractivity contribution in [2.24, 2.45) is 0 Å². The van der Waals surface area contributed by atoms with Crippen LogP contribution in [0.1, 0.15) is 43.9 Å². The average molecular weight is 340 g/mol. The third-order valence-electron chi connectivity index (χ3n) is 4.16. The Morgan fingerprint density at radius 1 is 1.12 bits per heavy atom. The number of ether oxygens (including phenoxy) is 1. The van der Waals surface area contributed by atoms with E-state index in [1.807, 2.05) is 38.1 Å². The van der Waals surface area contributed by atoms with Gasteiger partial charge in [0, 0.05) is 5.69 Å². The third-order valence-corrected chi connectivity index (χ3v) is 4.38. The first-order valence-corrected chi connectivity index (χ1v) is 8.94. The topological polar surface area (TPSA) is 33.3 Å². The monoisotopic (exact) mass is 340 g/mol. The lowest BCUT2D eigenvalue weighted by Gasteiger charge is -2.27. The number of aryl methyl sites for hydroxylation is 1. The predicted molar refractivity (Wildman–Crippen MR) is 104 cm³/mol. The quantitative estimate of drug-likeness (QED) is 0.781. The highest BCUT2D eigenvalue weighted by atomic mass is 32.1. The summed E-state index contributed by atoms with van der Waals surface area (Å²) in [7, 11) is 0. The summed E-state index contributed by atoms with van der Waals surface area (Å²) in [6.45, 7) is 4.04. The van der Waals surface area contributed by atoms with Gasteiger partial charge in [-0.05, 0) is 80.7 Å². The standard InChI is InChI=1S/C20H24N2OS/c1-14(2)23-17-12-10-16(11-13-17)21-20(24)22-19-9-5-7-15-6-3-4-8-18(15)19/h3-4,6,8,10-14,19H,5,7,9H2,1-2H3,(H2,21,22,24)/t19-/m1/s1. The fourth-order valence-corrected chi connectivity index (χ4v) is 3.38. The first-order chi connectivity index (χ1) is 11.6. The Kier molecular flexibility index (Phi) is 5.36. The van der Waals surface area contributed by atoms with Crippen molar-refractivity contribution in [1.29, 1.82) is 0 Å². The number of anilines is 1. The number of thiocarbonyl (C=S) groups is 1. The summed E-state index contributed by atoms with van der Waals surface area (Å²) in [6, 6.07) is 16.8. The van der Waals surface area contributed by atoms with Gasteiger partial charge in [-0.1, -0.05) is 24.3 Å². The van der Waals surface area contributed by atoms with Crippen molar-refractivity contribution in [2.45, 2.75) is 45.3 Å². The van der Waals surface area contributed by atoms with E-state index in [4.69, 9.17) is 17.0 Å². The highest BCUT2D eigenvalue weighted by Crippen LogP contribution is 2.29. The molecule has 126 valence electrons. The molecule has 1 aliphatic carbocycles. The highest BCUT2D eigenvalue weighted by molar-refractivity contribution is 7.80. The van der Waals surface area contributed by atoms with Crippen molar-refractivity contribution in [3.05, 3.63) is 59.7 Å². The first-order valence-electron chi connectivity index (χ1n) is 8.54. The van der Waals surface area contributed by atoms with Crippen LogP contribution in [0.25, 0.3) is 0 Å². The van der Waals surface area contributed by atoms with Crippen molar-refractivity contribution < 1.29 is 4.74 Å². The SMILES string of the molecule is CC(C)Oc1ccc(NC(=S)N[C@@H]2CCCc3ccccc32)cc1.